The van der Waals surface area contributed by atoms with E-state index in [9.17, 15) is 9.59 Å². The molecule has 1 N–H and O–H groups in total. The zero-order chi connectivity index (χ0) is 26.4. The van der Waals surface area contributed by atoms with Crippen molar-refractivity contribution in [2.24, 2.45) is 4.99 Å². The third kappa shape index (κ3) is 6.97. The first-order valence-corrected chi connectivity index (χ1v) is 13.1. The molecule has 1 aliphatic rings. The van der Waals surface area contributed by atoms with Crippen molar-refractivity contribution in [3.05, 3.63) is 82.3 Å². The van der Waals surface area contributed by atoms with Crippen molar-refractivity contribution in [3.8, 4) is 11.5 Å². The number of hydrogen-bond donors (Lipinski definition) is 1. The molecule has 4 rings (SSSR count). The highest BCUT2D eigenvalue weighted by molar-refractivity contribution is 8.15. The lowest BCUT2D eigenvalue weighted by Crippen LogP contribution is -2.46. The quantitative estimate of drug-likeness (QED) is 0.356. The molecule has 1 saturated heterocycles. The molecule has 1 atom stereocenters. The molecule has 192 valence electrons. The lowest BCUT2D eigenvalue weighted by Gasteiger charge is -2.32. The van der Waals surface area contributed by atoms with E-state index < -0.39 is 5.25 Å². The van der Waals surface area contributed by atoms with Gasteiger partial charge in [0.25, 0.3) is 0 Å². The largest absolute Gasteiger partial charge is 0.493 e. The van der Waals surface area contributed by atoms with Crippen molar-refractivity contribution in [2.45, 2.75) is 18.1 Å². The maximum atomic E-state index is 13.3. The van der Waals surface area contributed by atoms with Gasteiger partial charge in [-0.1, -0.05) is 53.2 Å². The number of halogens is 2. The van der Waals surface area contributed by atoms with Crippen LogP contribution in [-0.4, -0.2) is 47.9 Å². The third-order valence-corrected chi connectivity index (χ3v) is 7.29. The number of hydrogen-bond acceptors (Lipinski definition) is 6. The minimum atomic E-state index is -0.651. The Kier molecular flexibility index (Phi) is 8.97. The fourth-order valence-electron chi connectivity index (χ4n) is 3.78. The number of aliphatic imine (C=N–C) groups is 1. The van der Waals surface area contributed by atoms with Crippen LogP contribution < -0.4 is 14.8 Å². The van der Waals surface area contributed by atoms with Crippen LogP contribution in [0.3, 0.4) is 0 Å². The molecule has 0 radical (unpaired) electrons. The SMILES string of the molecule is COc1ccc(CCN2C(=O)CC(C(=O)Nc3cccc(Cl)c3)SC2=Nc2cccc(Cl)c2)cc1OC. The van der Waals surface area contributed by atoms with Crippen LogP contribution in [-0.2, 0) is 16.0 Å². The molecular weight excluding hydrogens is 533 g/mol. The van der Waals surface area contributed by atoms with Gasteiger partial charge in [0.1, 0.15) is 5.25 Å². The molecule has 7 nitrogen and oxygen atoms in total. The summed E-state index contributed by atoms with van der Waals surface area (Å²) in [7, 11) is 3.16. The summed E-state index contributed by atoms with van der Waals surface area (Å²) < 4.78 is 10.7. The summed E-state index contributed by atoms with van der Waals surface area (Å²) in [6.07, 6.45) is 0.595. The second kappa shape index (κ2) is 12.4. The summed E-state index contributed by atoms with van der Waals surface area (Å²) in [5.41, 5.74) is 2.13. The van der Waals surface area contributed by atoms with E-state index in [1.807, 2.05) is 18.2 Å². The molecule has 0 saturated carbocycles. The molecule has 1 heterocycles. The predicted molar refractivity (Wildman–Crippen MR) is 150 cm³/mol. The molecule has 37 heavy (non-hydrogen) atoms. The van der Waals surface area contributed by atoms with E-state index in [4.69, 9.17) is 37.7 Å². The monoisotopic (exact) mass is 557 g/mol. The Labute approximate surface area is 229 Å². The zero-order valence-corrected chi connectivity index (χ0v) is 22.6. The molecule has 3 aromatic carbocycles. The average molecular weight is 558 g/mol. The van der Waals surface area contributed by atoms with Crippen LogP contribution in [0.1, 0.15) is 12.0 Å². The van der Waals surface area contributed by atoms with Gasteiger partial charge < -0.3 is 14.8 Å². The number of benzene rings is 3. The van der Waals surface area contributed by atoms with E-state index in [1.54, 1.807) is 67.7 Å². The molecule has 1 fully saturated rings. The molecule has 1 unspecified atom stereocenters. The van der Waals surface area contributed by atoms with Crippen LogP contribution in [0, 0.1) is 0 Å². The van der Waals surface area contributed by atoms with Crippen LogP contribution in [0.25, 0.3) is 0 Å². The van der Waals surface area contributed by atoms with Gasteiger partial charge >= 0.3 is 0 Å². The molecule has 2 amide bonds. The second-order valence-corrected chi connectivity index (χ2v) is 10.2. The molecule has 0 bridgehead atoms. The van der Waals surface area contributed by atoms with E-state index in [0.29, 0.717) is 51.1 Å². The molecule has 0 aliphatic carbocycles. The number of ether oxygens (including phenoxy) is 2. The Hall–Kier alpha value is -3.20. The van der Waals surface area contributed by atoms with Crippen molar-refractivity contribution in [1.29, 1.82) is 0 Å². The van der Waals surface area contributed by atoms with Gasteiger partial charge in [-0.05, 0) is 60.5 Å². The standard InChI is InChI=1S/C27H25Cl2N3O4S/c1-35-22-10-9-17(13-23(22)36-2)11-12-32-25(33)16-24(26(34)30-20-7-3-5-18(28)14-20)37-27(32)31-21-8-4-6-19(29)15-21/h3-10,13-15,24H,11-12,16H2,1-2H3,(H,30,34). The number of nitrogens with zero attached hydrogens (tertiary/aromatic N) is 2. The fourth-order valence-corrected chi connectivity index (χ4v) is 5.28. The number of thioether (sulfide) groups is 1. The second-order valence-electron chi connectivity index (χ2n) is 8.17. The maximum absolute atomic E-state index is 13.3. The van der Waals surface area contributed by atoms with E-state index in [0.717, 1.165) is 5.56 Å². The van der Waals surface area contributed by atoms with Crippen LogP contribution in [0.5, 0.6) is 11.5 Å². The minimum absolute atomic E-state index is 0.0393. The van der Waals surface area contributed by atoms with Crippen molar-refractivity contribution in [1.82, 2.24) is 4.90 Å². The summed E-state index contributed by atoms with van der Waals surface area (Å²) in [6, 6.07) is 19.6. The van der Waals surface area contributed by atoms with E-state index in [2.05, 4.69) is 5.32 Å². The van der Waals surface area contributed by atoms with Gasteiger partial charge in [0.2, 0.25) is 11.8 Å². The summed E-state index contributed by atoms with van der Waals surface area (Å²) in [4.78, 5) is 32.6. The highest BCUT2D eigenvalue weighted by Gasteiger charge is 2.36. The number of carbonyl (C=O) groups excluding carboxylic acids is 2. The van der Waals surface area contributed by atoms with Gasteiger partial charge in [0, 0.05) is 28.7 Å². The van der Waals surface area contributed by atoms with E-state index >= 15 is 0 Å². The Bertz CT molecular complexity index is 1330. The zero-order valence-electron chi connectivity index (χ0n) is 20.2. The van der Waals surface area contributed by atoms with Gasteiger partial charge in [-0.15, -0.1) is 0 Å². The predicted octanol–water partition coefficient (Wildman–Crippen LogP) is 6.21. The van der Waals surface area contributed by atoms with Gasteiger partial charge in [-0.25, -0.2) is 4.99 Å². The first-order valence-electron chi connectivity index (χ1n) is 11.4. The van der Waals surface area contributed by atoms with E-state index in [-0.39, 0.29) is 18.2 Å². The first kappa shape index (κ1) is 26.9. The Morgan fingerprint density at radius 2 is 1.76 bits per heavy atom. The smallest absolute Gasteiger partial charge is 0.238 e. The number of amides is 2. The van der Waals surface area contributed by atoms with Gasteiger partial charge in [-0.3, -0.25) is 14.5 Å². The molecule has 0 spiro atoms. The van der Waals surface area contributed by atoms with Gasteiger partial charge in [0.15, 0.2) is 16.7 Å². The Morgan fingerprint density at radius 1 is 1.03 bits per heavy atom. The third-order valence-electron chi connectivity index (χ3n) is 5.63. The average Bonchev–Trinajstić information content (AvgIpc) is 2.88. The molecule has 1 aliphatic heterocycles. The minimum Gasteiger partial charge on any atom is -0.493 e. The normalized spacial score (nSPS) is 16.5. The van der Waals surface area contributed by atoms with Crippen molar-refractivity contribution >= 4 is 63.3 Å². The number of methoxy groups -OCH3 is 2. The van der Waals surface area contributed by atoms with Crippen molar-refractivity contribution < 1.29 is 19.1 Å². The van der Waals surface area contributed by atoms with Gasteiger partial charge in [-0.2, -0.15) is 0 Å². The summed E-state index contributed by atoms with van der Waals surface area (Å²) in [5.74, 6) is 0.766. The van der Waals surface area contributed by atoms with Crippen molar-refractivity contribution in [3.63, 3.8) is 0 Å². The Balaban J connectivity index is 1.56. The van der Waals surface area contributed by atoms with Gasteiger partial charge in [0.05, 0.1) is 19.9 Å². The summed E-state index contributed by atoms with van der Waals surface area (Å²) >= 11 is 13.4. The maximum Gasteiger partial charge on any atom is 0.238 e. The number of carbonyl (C=O) groups is 2. The van der Waals surface area contributed by atoms with Crippen LogP contribution in [0.15, 0.2) is 71.7 Å². The Morgan fingerprint density at radius 3 is 2.46 bits per heavy atom. The lowest BCUT2D eigenvalue weighted by molar-refractivity contribution is -0.129. The molecule has 0 aromatic heterocycles. The molecule has 10 heteroatoms. The highest BCUT2D eigenvalue weighted by atomic mass is 35.5. The summed E-state index contributed by atoms with van der Waals surface area (Å²) in [5, 5.41) is 3.67. The van der Waals surface area contributed by atoms with Crippen LogP contribution in [0.2, 0.25) is 10.0 Å². The van der Waals surface area contributed by atoms with Crippen LogP contribution in [0.4, 0.5) is 11.4 Å². The van der Waals surface area contributed by atoms with Crippen molar-refractivity contribution in [2.75, 3.05) is 26.1 Å². The number of amidine groups is 1. The fraction of sp³-hybridized carbons (Fsp3) is 0.222. The lowest BCUT2D eigenvalue weighted by atomic mass is 10.1. The van der Waals surface area contributed by atoms with E-state index in [1.165, 1.54) is 11.8 Å². The number of anilines is 1. The highest BCUT2D eigenvalue weighted by Crippen LogP contribution is 2.32. The first-order chi connectivity index (χ1) is 17.9. The number of nitrogens with one attached hydrogen (secondary N) is 1. The number of rotatable bonds is 8. The van der Waals surface area contributed by atoms with Crippen LogP contribution >= 0.6 is 35.0 Å². The molecular formula is C27H25Cl2N3O4S. The molecule has 3 aromatic rings. The topological polar surface area (TPSA) is 80.2 Å². The summed E-state index contributed by atoms with van der Waals surface area (Å²) in [6.45, 7) is 0.378.